The van der Waals surface area contributed by atoms with Gasteiger partial charge in [-0.1, -0.05) is 18.2 Å². The summed E-state index contributed by atoms with van der Waals surface area (Å²) in [6, 6.07) is 7.66. The van der Waals surface area contributed by atoms with E-state index in [1.807, 2.05) is 0 Å². The molecule has 0 bridgehead atoms. The molecule has 0 aliphatic carbocycles. The van der Waals surface area contributed by atoms with Crippen LogP contribution in [-0.4, -0.2) is 20.9 Å². The Kier molecular flexibility index (Phi) is 4.61. The lowest BCUT2D eigenvalue weighted by molar-refractivity contribution is 0.0942. The SMILES string of the molecule is Cc1nc(-c2ncccn2)sc1C(=O)NC(C)c1ccccc1F. The van der Waals surface area contributed by atoms with Crippen LogP contribution in [0.4, 0.5) is 4.39 Å². The van der Waals surface area contributed by atoms with Crippen LogP contribution in [0.3, 0.4) is 0 Å². The first-order valence-electron chi connectivity index (χ1n) is 7.36. The van der Waals surface area contributed by atoms with E-state index in [2.05, 4.69) is 20.3 Å². The van der Waals surface area contributed by atoms with Crippen molar-refractivity contribution in [2.24, 2.45) is 0 Å². The molecule has 122 valence electrons. The van der Waals surface area contributed by atoms with Gasteiger partial charge < -0.3 is 5.32 Å². The molecule has 0 aliphatic rings. The lowest BCUT2D eigenvalue weighted by Crippen LogP contribution is -2.27. The zero-order chi connectivity index (χ0) is 17.1. The third-order valence-corrected chi connectivity index (χ3v) is 4.63. The Morgan fingerprint density at radius 1 is 1.21 bits per heavy atom. The smallest absolute Gasteiger partial charge is 0.263 e. The van der Waals surface area contributed by atoms with Gasteiger partial charge in [0, 0.05) is 18.0 Å². The minimum absolute atomic E-state index is 0.289. The first kappa shape index (κ1) is 16.2. The van der Waals surface area contributed by atoms with Gasteiger partial charge in [-0.2, -0.15) is 0 Å². The van der Waals surface area contributed by atoms with Crippen LogP contribution >= 0.6 is 11.3 Å². The van der Waals surface area contributed by atoms with E-state index in [0.717, 1.165) is 0 Å². The fourth-order valence-corrected chi connectivity index (χ4v) is 3.20. The molecule has 0 saturated heterocycles. The van der Waals surface area contributed by atoms with Crippen molar-refractivity contribution in [1.82, 2.24) is 20.3 Å². The molecule has 2 heterocycles. The average Bonchev–Trinajstić information content (AvgIpc) is 2.98. The van der Waals surface area contributed by atoms with E-state index in [1.54, 1.807) is 50.5 Å². The fraction of sp³-hybridized carbons (Fsp3) is 0.176. The number of nitrogens with one attached hydrogen (secondary N) is 1. The Hall–Kier alpha value is -2.67. The van der Waals surface area contributed by atoms with Gasteiger partial charge in [-0.3, -0.25) is 4.79 Å². The first-order valence-corrected chi connectivity index (χ1v) is 8.18. The standard InChI is InChI=1S/C17H15FN4OS/c1-10(12-6-3-4-7-13(12)18)21-16(23)14-11(2)22-17(24-14)15-19-8-5-9-20-15/h3-10H,1-2H3,(H,21,23). The highest BCUT2D eigenvalue weighted by atomic mass is 32.1. The van der Waals surface area contributed by atoms with Crippen molar-refractivity contribution in [2.45, 2.75) is 19.9 Å². The van der Waals surface area contributed by atoms with Crippen molar-refractivity contribution in [3.63, 3.8) is 0 Å². The van der Waals surface area contributed by atoms with Gasteiger partial charge in [0.25, 0.3) is 5.91 Å². The largest absolute Gasteiger partial charge is 0.345 e. The summed E-state index contributed by atoms with van der Waals surface area (Å²) in [4.78, 5) is 25.6. The normalized spacial score (nSPS) is 12.0. The van der Waals surface area contributed by atoms with Gasteiger partial charge in [0.1, 0.15) is 10.7 Å². The molecule has 0 spiro atoms. The van der Waals surface area contributed by atoms with Crippen molar-refractivity contribution in [2.75, 3.05) is 0 Å². The monoisotopic (exact) mass is 342 g/mol. The minimum Gasteiger partial charge on any atom is -0.345 e. The number of carbonyl (C=O) groups is 1. The predicted octanol–water partition coefficient (Wildman–Crippen LogP) is 3.54. The van der Waals surface area contributed by atoms with E-state index in [4.69, 9.17) is 0 Å². The van der Waals surface area contributed by atoms with E-state index in [9.17, 15) is 9.18 Å². The lowest BCUT2D eigenvalue weighted by Gasteiger charge is -2.14. The van der Waals surface area contributed by atoms with Gasteiger partial charge in [-0.15, -0.1) is 11.3 Å². The maximum absolute atomic E-state index is 13.8. The number of thiazole rings is 1. The van der Waals surface area contributed by atoms with Gasteiger partial charge in [-0.05, 0) is 26.0 Å². The number of carbonyl (C=O) groups excluding carboxylic acids is 1. The average molecular weight is 342 g/mol. The van der Waals surface area contributed by atoms with Gasteiger partial charge in [-0.25, -0.2) is 19.3 Å². The summed E-state index contributed by atoms with van der Waals surface area (Å²) in [5, 5.41) is 3.39. The number of hydrogen-bond donors (Lipinski definition) is 1. The van der Waals surface area contributed by atoms with E-state index in [1.165, 1.54) is 17.4 Å². The maximum atomic E-state index is 13.8. The van der Waals surface area contributed by atoms with Gasteiger partial charge in [0.05, 0.1) is 11.7 Å². The Morgan fingerprint density at radius 2 is 1.92 bits per heavy atom. The Labute approximate surface area is 142 Å². The van der Waals surface area contributed by atoms with Crippen LogP contribution in [0.15, 0.2) is 42.7 Å². The molecular formula is C17H15FN4OS. The molecule has 0 fully saturated rings. The molecule has 24 heavy (non-hydrogen) atoms. The first-order chi connectivity index (χ1) is 11.6. The summed E-state index contributed by atoms with van der Waals surface area (Å²) < 4.78 is 13.8. The van der Waals surface area contributed by atoms with Crippen LogP contribution < -0.4 is 5.32 Å². The highest BCUT2D eigenvalue weighted by Gasteiger charge is 2.20. The van der Waals surface area contributed by atoms with Crippen molar-refractivity contribution in [1.29, 1.82) is 0 Å². The third-order valence-electron chi connectivity index (χ3n) is 3.48. The number of benzene rings is 1. The molecule has 2 aromatic heterocycles. The number of nitrogens with zero attached hydrogens (tertiary/aromatic N) is 3. The second kappa shape index (κ2) is 6.84. The molecule has 1 amide bonds. The topological polar surface area (TPSA) is 67.8 Å². The zero-order valence-corrected chi connectivity index (χ0v) is 14.0. The molecule has 1 unspecified atom stereocenters. The Bertz CT molecular complexity index is 866. The van der Waals surface area contributed by atoms with Crippen molar-refractivity contribution < 1.29 is 9.18 Å². The Morgan fingerprint density at radius 3 is 2.62 bits per heavy atom. The van der Waals surface area contributed by atoms with Crippen LogP contribution in [0.5, 0.6) is 0 Å². The van der Waals surface area contributed by atoms with E-state index in [-0.39, 0.29) is 11.7 Å². The number of rotatable bonds is 4. The number of amides is 1. The maximum Gasteiger partial charge on any atom is 0.263 e. The molecule has 3 aromatic rings. The predicted molar refractivity (Wildman–Crippen MR) is 90.2 cm³/mol. The molecule has 1 aromatic carbocycles. The number of aromatic nitrogens is 3. The van der Waals surface area contributed by atoms with Crippen LogP contribution in [0.1, 0.15) is 33.9 Å². The number of halogens is 1. The molecule has 0 saturated carbocycles. The second-order valence-corrected chi connectivity index (χ2v) is 6.22. The van der Waals surface area contributed by atoms with Gasteiger partial charge in [0.15, 0.2) is 10.8 Å². The summed E-state index contributed by atoms with van der Waals surface area (Å²) in [7, 11) is 0. The van der Waals surface area contributed by atoms with Crippen molar-refractivity contribution in [3.8, 4) is 10.8 Å². The Balaban J connectivity index is 1.81. The van der Waals surface area contributed by atoms with Gasteiger partial charge in [0.2, 0.25) is 0 Å². The number of aryl methyl sites for hydroxylation is 1. The summed E-state index contributed by atoms with van der Waals surface area (Å²) in [5.74, 6) is -0.153. The third kappa shape index (κ3) is 3.30. The van der Waals surface area contributed by atoms with Crippen LogP contribution in [0.25, 0.3) is 10.8 Å². The van der Waals surface area contributed by atoms with Gasteiger partial charge >= 0.3 is 0 Å². The molecule has 0 radical (unpaired) electrons. The van der Waals surface area contributed by atoms with Crippen LogP contribution in [0.2, 0.25) is 0 Å². The lowest BCUT2D eigenvalue weighted by atomic mass is 10.1. The van der Waals surface area contributed by atoms with Crippen molar-refractivity contribution >= 4 is 17.2 Å². The van der Waals surface area contributed by atoms with Crippen molar-refractivity contribution in [3.05, 3.63) is 64.7 Å². The van der Waals surface area contributed by atoms with E-state index < -0.39 is 6.04 Å². The summed E-state index contributed by atoms with van der Waals surface area (Å²) >= 11 is 1.22. The highest BCUT2D eigenvalue weighted by molar-refractivity contribution is 7.17. The summed E-state index contributed by atoms with van der Waals surface area (Å²) in [6.45, 7) is 3.50. The molecule has 3 rings (SSSR count). The highest BCUT2D eigenvalue weighted by Crippen LogP contribution is 2.26. The molecular weight excluding hydrogens is 327 g/mol. The molecule has 0 aliphatic heterocycles. The quantitative estimate of drug-likeness (QED) is 0.787. The molecule has 7 heteroatoms. The molecule has 1 atom stereocenters. The second-order valence-electron chi connectivity index (χ2n) is 5.22. The van der Waals surface area contributed by atoms with Crippen LogP contribution in [0, 0.1) is 12.7 Å². The fourth-order valence-electron chi connectivity index (χ4n) is 2.28. The zero-order valence-electron chi connectivity index (χ0n) is 13.2. The molecule has 5 nitrogen and oxygen atoms in total. The van der Waals surface area contributed by atoms with E-state index in [0.29, 0.717) is 27.0 Å². The van der Waals surface area contributed by atoms with E-state index >= 15 is 0 Å². The summed E-state index contributed by atoms with van der Waals surface area (Å²) in [6.07, 6.45) is 3.25. The summed E-state index contributed by atoms with van der Waals surface area (Å²) in [5.41, 5.74) is 1.04. The van der Waals surface area contributed by atoms with Crippen LogP contribution in [-0.2, 0) is 0 Å². The minimum atomic E-state index is -0.448. The molecule has 1 N–H and O–H groups in total. The number of hydrogen-bond acceptors (Lipinski definition) is 5.